The van der Waals surface area contributed by atoms with Gasteiger partial charge in [0.25, 0.3) is 0 Å². The van der Waals surface area contributed by atoms with E-state index in [-0.39, 0.29) is 11.5 Å². The first kappa shape index (κ1) is 38.4. The molecule has 0 aromatic heterocycles. The average molecular weight is 851 g/mol. The van der Waals surface area contributed by atoms with Crippen molar-refractivity contribution in [2.75, 3.05) is 9.80 Å². The first-order valence-corrected chi connectivity index (χ1v) is 23.0. The minimum atomic E-state index is -0.157. The molecule has 2 aliphatic heterocycles. The summed E-state index contributed by atoms with van der Waals surface area (Å²) in [4.78, 5) is 4.76. The van der Waals surface area contributed by atoms with Crippen LogP contribution in [0.15, 0.2) is 212 Å². The first-order valence-electron chi connectivity index (χ1n) is 23.0. The van der Waals surface area contributed by atoms with Crippen LogP contribution in [0.3, 0.4) is 0 Å². The summed E-state index contributed by atoms with van der Waals surface area (Å²) in [5, 5.41) is 2.20. The topological polar surface area (TPSA) is 24.9 Å². The molecule has 0 fully saturated rings. The molecule has 4 heteroatoms. The Morgan fingerprint density at radius 1 is 0.455 bits per heavy atom. The summed E-state index contributed by atoms with van der Waals surface area (Å²) in [6, 6.07) is 70.1. The summed E-state index contributed by atoms with van der Waals surface area (Å²) in [5.74, 6) is 2.57. The van der Waals surface area contributed by atoms with Crippen LogP contribution >= 0.6 is 0 Å². The van der Waals surface area contributed by atoms with Crippen molar-refractivity contribution in [2.45, 2.75) is 38.7 Å². The second kappa shape index (κ2) is 14.7. The predicted molar refractivity (Wildman–Crippen MR) is 272 cm³/mol. The third kappa shape index (κ3) is 5.91. The molecule has 0 amide bonds. The van der Waals surface area contributed by atoms with Crippen LogP contribution in [0.5, 0.6) is 17.2 Å². The van der Waals surface area contributed by atoms with E-state index in [1.807, 2.05) is 0 Å². The molecule has 2 heterocycles. The maximum atomic E-state index is 7.08. The summed E-state index contributed by atoms with van der Waals surface area (Å²) in [6.45, 7) is 6.84. The van der Waals surface area contributed by atoms with Gasteiger partial charge in [0, 0.05) is 73.8 Å². The zero-order valence-electron chi connectivity index (χ0n) is 37.1. The maximum absolute atomic E-state index is 7.08. The SMILES string of the molecule is Cc1ccc(N(C2=CC=C3c4ccc5c6c(ccc(c46)OC3C2)-c2ccc(N(c3ccccc3)c3ccc4c(c3)C(C)(C)c3ccccc3-4)cc2O5)c2ccccc2)c(-c2ccccc2)c1. The molecule has 316 valence electrons. The molecule has 0 saturated carbocycles. The fourth-order valence-electron chi connectivity index (χ4n) is 11.1. The molecule has 4 aliphatic rings. The third-order valence-electron chi connectivity index (χ3n) is 14.2. The van der Waals surface area contributed by atoms with E-state index in [9.17, 15) is 0 Å². The molecule has 4 nitrogen and oxygen atoms in total. The van der Waals surface area contributed by atoms with Gasteiger partial charge in [-0.1, -0.05) is 135 Å². The second-order valence-corrected chi connectivity index (χ2v) is 18.5. The third-order valence-corrected chi connectivity index (χ3v) is 14.2. The number of para-hydroxylation sites is 2. The van der Waals surface area contributed by atoms with Crippen LogP contribution in [-0.4, -0.2) is 6.10 Å². The molecule has 0 saturated heterocycles. The normalized spacial score (nSPS) is 15.5. The van der Waals surface area contributed by atoms with Gasteiger partial charge >= 0.3 is 0 Å². The molecule has 1 unspecified atom stereocenters. The Morgan fingerprint density at radius 2 is 1.08 bits per heavy atom. The molecule has 0 N–H and O–H groups in total. The summed E-state index contributed by atoms with van der Waals surface area (Å²) >= 11 is 0. The van der Waals surface area contributed by atoms with Crippen LogP contribution in [0.25, 0.3) is 49.7 Å². The maximum Gasteiger partial charge on any atom is 0.137 e. The van der Waals surface area contributed by atoms with Crippen LogP contribution in [0.4, 0.5) is 28.4 Å². The van der Waals surface area contributed by atoms with Gasteiger partial charge in [-0.3, -0.25) is 0 Å². The molecule has 9 aromatic rings. The van der Waals surface area contributed by atoms with E-state index in [2.05, 4.69) is 237 Å². The highest BCUT2D eigenvalue weighted by Crippen LogP contribution is 2.56. The van der Waals surface area contributed by atoms with Crippen molar-refractivity contribution >= 4 is 44.8 Å². The van der Waals surface area contributed by atoms with Crippen LogP contribution in [-0.2, 0) is 5.41 Å². The number of nitrogens with zero attached hydrogens (tertiary/aromatic N) is 2. The van der Waals surface area contributed by atoms with E-state index in [0.717, 1.165) is 67.6 Å². The minimum Gasteiger partial charge on any atom is -0.485 e. The Bertz CT molecular complexity index is 3500. The molecule has 1 atom stereocenters. The standard InChI is InChI=1S/C62H46N2O2/c1-39-23-32-55(52(35-39)40-15-7-4-8-16-40)64(42-19-11-6-12-20-42)45-26-29-49-51-31-33-56-60-50(30-34-57(61(51)60)66-59(49)38-45)48-28-25-44(37-58(48)65-56)63(41-17-9-5-10-18-41)43-24-27-47-46-21-13-14-22-53(46)62(2,3)54(47)36-43/h4-37,59H,38H2,1-3H3. The summed E-state index contributed by atoms with van der Waals surface area (Å²) in [5.41, 5.74) is 20.1. The quantitative estimate of drug-likeness (QED) is 0.159. The van der Waals surface area contributed by atoms with Crippen molar-refractivity contribution in [3.8, 4) is 50.6 Å². The van der Waals surface area contributed by atoms with Crippen molar-refractivity contribution in [3.63, 3.8) is 0 Å². The zero-order chi connectivity index (χ0) is 44.1. The van der Waals surface area contributed by atoms with Gasteiger partial charge in [-0.25, -0.2) is 0 Å². The lowest BCUT2D eigenvalue weighted by Crippen LogP contribution is -2.30. The van der Waals surface area contributed by atoms with Crippen LogP contribution in [0.1, 0.15) is 42.5 Å². The largest absolute Gasteiger partial charge is 0.485 e. The fraction of sp³-hybridized carbons (Fsp3) is 0.0968. The smallest absolute Gasteiger partial charge is 0.137 e. The molecule has 9 aromatic carbocycles. The van der Waals surface area contributed by atoms with Crippen molar-refractivity contribution in [1.82, 2.24) is 0 Å². The fourth-order valence-corrected chi connectivity index (χ4v) is 11.1. The molecule has 13 rings (SSSR count). The predicted octanol–water partition coefficient (Wildman–Crippen LogP) is 16.6. The monoisotopic (exact) mass is 850 g/mol. The lowest BCUT2D eigenvalue weighted by molar-refractivity contribution is 0.256. The molecular weight excluding hydrogens is 805 g/mol. The molecule has 0 radical (unpaired) electrons. The number of rotatable bonds is 7. The summed E-state index contributed by atoms with van der Waals surface area (Å²) in [7, 11) is 0. The Kier molecular flexibility index (Phi) is 8.57. The van der Waals surface area contributed by atoms with E-state index in [1.165, 1.54) is 55.8 Å². The van der Waals surface area contributed by atoms with Crippen molar-refractivity contribution < 1.29 is 9.47 Å². The molecule has 66 heavy (non-hydrogen) atoms. The molecular formula is C62H46N2O2. The van der Waals surface area contributed by atoms with Crippen LogP contribution < -0.4 is 19.3 Å². The van der Waals surface area contributed by atoms with Gasteiger partial charge in [0.2, 0.25) is 0 Å². The second-order valence-electron chi connectivity index (χ2n) is 18.5. The Hall–Kier alpha value is -8.08. The number of benzene rings is 9. The lowest BCUT2D eigenvalue weighted by Gasteiger charge is -2.37. The number of hydrogen-bond donors (Lipinski definition) is 0. The van der Waals surface area contributed by atoms with Gasteiger partial charge in [-0.2, -0.15) is 0 Å². The average Bonchev–Trinajstić information content (AvgIpc) is 3.59. The van der Waals surface area contributed by atoms with Crippen molar-refractivity contribution in [3.05, 3.63) is 234 Å². The number of aryl methyl sites for hydroxylation is 1. The lowest BCUT2D eigenvalue weighted by atomic mass is 9.82. The Labute approximate surface area is 386 Å². The molecule has 0 spiro atoms. The van der Waals surface area contributed by atoms with Gasteiger partial charge < -0.3 is 19.3 Å². The number of allylic oxidation sites excluding steroid dienone is 2. The Balaban J connectivity index is 0.888. The van der Waals surface area contributed by atoms with E-state index in [1.54, 1.807) is 0 Å². The number of fused-ring (bicyclic) bond motifs is 7. The number of anilines is 5. The van der Waals surface area contributed by atoms with Gasteiger partial charge in [-0.05, 0) is 131 Å². The van der Waals surface area contributed by atoms with Crippen LogP contribution in [0.2, 0.25) is 0 Å². The minimum absolute atomic E-state index is 0.113. The van der Waals surface area contributed by atoms with Gasteiger partial charge in [0.1, 0.15) is 23.4 Å². The Morgan fingerprint density at radius 3 is 1.86 bits per heavy atom. The molecule has 2 aliphatic carbocycles. The number of hydrogen-bond acceptors (Lipinski definition) is 4. The highest BCUT2D eigenvalue weighted by Gasteiger charge is 2.37. The summed E-state index contributed by atoms with van der Waals surface area (Å²) in [6.07, 6.45) is 5.13. The summed E-state index contributed by atoms with van der Waals surface area (Å²) < 4.78 is 14.0. The first-order chi connectivity index (χ1) is 32.4. The van der Waals surface area contributed by atoms with E-state index >= 15 is 0 Å². The van der Waals surface area contributed by atoms with Crippen LogP contribution in [0, 0.1) is 6.92 Å². The van der Waals surface area contributed by atoms with E-state index in [4.69, 9.17) is 9.47 Å². The van der Waals surface area contributed by atoms with Gasteiger partial charge in [-0.15, -0.1) is 0 Å². The highest BCUT2D eigenvalue weighted by molar-refractivity contribution is 6.12. The molecule has 0 bridgehead atoms. The van der Waals surface area contributed by atoms with Crippen molar-refractivity contribution in [1.29, 1.82) is 0 Å². The van der Waals surface area contributed by atoms with E-state index < -0.39 is 0 Å². The van der Waals surface area contributed by atoms with E-state index in [0.29, 0.717) is 6.42 Å². The van der Waals surface area contributed by atoms with Gasteiger partial charge in [0.05, 0.1) is 5.69 Å². The van der Waals surface area contributed by atoms with Crippen molar-refractivity contribution in [2.24, 2.45) is 0 Å². The highest BCUT2D eigenvalue weighted by atomic mass is 16.5. The van der Waals surface area contributed by atoms with Gasteiger partial charge in [0.15, 0.2) is 0 Å². The zero-order valence-corrected chi connectivity index (χ0v) is 37.1. The number of ether oxygens (including phenoxy) is 2.